The highest BCUT2D eigenvalue weighted by Gasteiger charge is 2.30. The first-order chi connectivity index (χ1) is 16.4. The first-order valence-corrected chi connectivity index (χ1v) is 11.6. The Labute approximate surface area is 199 Å². The first kappa shape index (κ1) is 22.8. The van der Waals surface area contributed by atoms with Crippen molar-refractivity contribution in [2.24, 2.45) is 11.7 Å². The summed E-state index contributed by atoms with van der Waals surface area (Å²) in [5.74, 6) is -0.310. The predicted octanol–water partition coefficient (Wildman–Crippen LogP) is 2.75. The fraction of sp³-hybridized carbons (Fsp3) is 0.455. The number of anilines is 3. The van der Waals surface area contributed by atoms with Crippen LogP contribution in [0.2, 0.25) is 5.02 Å². The molecule has 0 radical (unpaired) electrons. The van der Waals surface area contributed by atoms with Gasteiger partial charge in [0.25, 0.3) is 0 Å². The maximum absolute atomic E-state index is 14.6. The largest absolute Gasteiger partial charge is 0.388 e. The van der Waals surface area contributed by atoms with Gasteiger partial charge in [-0.2, -0.15) is 4.98 Å². The standard InChI is InChI=1S/C22H25ClFN7O3/c23-13-2-1-3-14(18(13)24)28-22-29-15-8-26-21(27-16-9-34-10-17(16)32)30-20(15)31(22)12-6-4-11(5-7-12)19(25)33/h1-3,8,11-12,16-17,32H,4-7,9-10H2,(H2,25,33)(H,28,29)(H,26,27,30)/t11-,12-,16?,17?. The normalized spacial score (nSPS) is 24.9. The lowest BCUT2D eigenvalue weighted by Gasteiger charge is -2.29. The lowest BCUT2D eigenvalue weighted by Crippen LogP contribution is -2.32. The van der Waals surface area contributed by atoms with Gasteiger partial charge < -0.3 is 26.2 Å². The average Bonchev–Trinajstić information content (AvgIpc) is 3.39. The second-order valence-electron chi connectivity index (χ2n) is 8.70. The highest BCUT2D eigenvalue weighted by atomic mass is 35.5. The molecule has 3 heterocycles. The summed E-state index contributed by atoms with van der Waals surface area (Å²) in [6, 6.07) is 4.34. The molecule has 1 aliphatic heterocycles. The number of carbonyl (C=O) groups is 1. The van der Waals surface area contributed by atoms with E-state index < -0.39 is 11.9 Å². The Kier molecular flexibility index (Phi) is 6.24. The molecule has 1 amide bonds. The number of nitrogens with zero attached hydrogens (tertiary/aromatic N) is 4. The highest BCUT2D eigenvalue weighted by molar-refractivity contribution is 6.31. The number of benzene rings is 1. The summed E-state index contributed by atoms with van der Waals surface area (Å²) in [6.45, 7) is 0.597. The van der Waals surface area contributed by atoms with Crippen molar-refractivity contribution in [3.63, 3.8) is 0 Å². The fourth-order valence-electron chi connectivity index (χ4n) is 4.58. The third-order valence-corrected chi connectivity index (χ3v) is 6.75. The van der Waals surface area contributed by atoms with E-state index in [1.54, 1.807) is 18.3 Å². The summed E-state index contributed by atoms with van der Waals surface area (Å²) in [5.41, 5.74) is 6.77. The summed E-state index contributed by atoms with van der Waals surface area (Å²) in [7, 11) is 0. The van der Waals surface area contributed by atoms with Crippen molar-refractivity contribution < 1.29 is 19.0 Å². The van der Waals surface area contributed by atoms with E-state index in [0.29, 0.717) is 55.4 Å². The monoisotopic (exact) mass is 489 g/mol. The molecule has 5 rings (SSSR count). The van der Waals surface area contributed by atoms with Gasteiger partial charge in [0.15, 0.2) is 11.5 Å². The molecule has 5 N–H and O–H groups in total. The van der Waals surface area contributed by atoms with Crippen LogP contribution in [0.1, 0.15) is 31.7 Å². The van der Waals surface area contributed by atoms with E-state index >= 15 is 0 Å². The van der Waals surface area contributed by atoms with Crippen molar-refractivity contribution in [2.75, 3.05) is 23.8 Å². The number of hydrogen-bond acceptors (Lipinski definition) is 8. The molecule has 2 atom stereocenters. The van der Waals surface area contributed by atoms with Gasteiger partial charge in [0.1, 0.15) is 5.52 Å². The zero-order valence-electron chi connectivity index (χ0n) is 18.2. The first-order valence-electron chi connectivity index (χ1n) is 11.2. The third kappa shape index (κ3) is 4.38. The maximum atomic E-state index is 14.6. The quantitative estimate of drug-likeness (QED) is 0.414. The lowest BCUT2D eigenvalue weighted by molar-refractivity contribution is -0.122. The molecule has 10 nitrogen and oxygen atoms in total. The maximum Gasteiger partial charge on any atom is 0.225 e. The molecule has 2 aromatic heterocycles. The number of aliphatic hydroxyl groups excluding tert-OH is 1. The molecular formula is C22H25ClFN7O3. The number of halogens is 2. The zero-order chi connectivity index (χ0) is 23.8. The van der Waals surface area contributed by atoms with Gasteiger partial charge in [0, 0.05) is 12.0 Å². The van der Waals surface area contributed by atoms with E-state index in [2.05, 4.69) is 25.6 Å². The summed E-state index contributed by atoms with van der Waals surface area (Å²) in [5, 5.41) is 16.2. The van der Waals surface area contributed by atoms with Crippen LogP contribution in [0.4, 0.5) is 22.0 Å². The number of aromatic nitrogens is 4. The summed E-state index contributed by atoms with van der Waals surface area (Å²) >= 11 is 5.96. The number of carbonyl (C=O) groups excluding carboxylic acids is 1. The number of amides is 1. The molecular weight excluding hydrogens is 465 g/mol. The number of fused-ring (bicyclic) bond motifs is 1. The smallest absolute Gasteiger partial charge is 0.225 e. The Morgan fingerprint density at radius 2 is 2.03 bits per heavy atom. The van der Waals surface area contributed by atoms with Gasteiger partial charge in [-0.1, -0.05) is 17.7 Å². The van der Waals surface area contributed by atoms with Crippen LogP contribution >= 0.6 is 11.6 Å². The van der Waals surface area contributed by atoms with E-state index in [1.165, 1.54) is 6.07 Å². The molecule has 3 aromatic rings. The second kappa shape index (κ2) is 9.32. The number of nitrogens with two attached hydrogens (primary N) is 1. The molecule has 12 heteroatoms. The van der Waals surface area contributed by atoms with Crippen LogP contribution < -0.4 is 16.4 Å². The number of rotatable bonds is 6. The highest BCUT2D eigenvalue weighted by Crippen LogP contribution is 2.37. The fourth-order valence-corrected chi connectivity index (χ4v) is 4.76. The van der Waals surface area contributed by atoms with Gasteiger partial charge in [0.05, 0.1) is 42.3 Å². The zero-order valence-corrected chi connectivity index (χ0v) is 19.0. The van der Waals surface area contributed by atoms with Crippen molar-refractivity contribution in [1.29, 1.82) is 0 Å². The minimum absolute atomic E-state index is 0.00162. The minimum atomic E-state index is -0.656. The van der Waals surface area contributed by atoms with Crippen molar-refractivity contribution >= 4 is 46.3 Å². The van der Waals surface area contributed by atoms with E-state index in [0.717, 1.165) is 0 Å². The van der Waals surface area contributed by atoms with Gasteiger partial charge in [-0.25, -0.2) is 14.4 Å². The molecule has 1 aliphatic carbocycles. The summed E-state index contributed by atoms with van der Waals surface area (Å²) < 4.78 is 21.8. The number of imidazole rings is 1. The molecule has 1 aromatic carbocycles. The molecule has 34 heavy (non-hydrogen) atoms. The number of aliphatic hydroxyl groups is 1. The van der Waals surface area contributed by atoms with E-state index in [4.69, 9.17) is 22.1 Å². The van der Waals surface area contributed by atoms with Crippen molar-refractivity contribution in [1.82, 2.24) is 19.5 Å². The van der Waals surface area contributed by atoms with Crippen LogP contribution in [0.5, 0.6) is 0 Å². The van der Waals surface area contributed by atoms with Crippen molar-refractivity contribution in [3.8, 4) is 0 Å². The molecule has 1 saturated heterocycles. The van der Waals surface area contributed by atoms with Gasteiger partial charge in [-0.05, 0) is 37.8 Å². The average molecular weight is 490 g/mol. The molecule has 2 aliphatic rings. The topological polar surface area (TPSA) is 140 Å². The Morgan fingerprint density at radius 1 is 1.24 bits per heavy atom. The molecule has 2 unspecified atom stereocenters. The Bertz CT molecular complexity index is 1210. The van der Waals surface area contributed by atoms with Gasteiger partial charge in [0.2, 0.25) is 17.8 Å². The van der Waals surface area contributed by atoms with E-state index in [9.17, 15) is 14.3 Å². The Morgan fingerprint density at radius 3 is 2.74 bits per heavy atom. The molecule has 0 bridgehead atoms. The van der Waals surface area contributed by atoms with Crippen LogP contribution in [-0.2, 0) is 9.53 Å². The van der Waals surface area contributed by atoms with Crippen LogP contribution in [0.3, 0.4) is 0 Å². The van der Waals surface area contributed by atoms with Crippen LogP contribution in [0.15, 0.2) is 24.4 Å². The number of hydrogen-bond donors (Lipinski definition) is 4. The minimum Gasteiger partial charge on any atom is -0.388 e. The third-order valence-electron chi connectivity index (χ3n) is 6.46. The second-order valence-corrected chi connectivity index (χ2v) is 9.10. The SMILES string of the molecule is NC(=O)[C@H]1CC[C@H](n2c(Nc3cccc(Cl)c3F)nc3cnc(NC4COCC4O)nc32)CC1. The van der Waals surface area contributed by atoms with Crippen LogP contribution in [-0.4, -0.2) is 55.9 Å². The Balaban J connectivity index is 1.52. The van der Waals surface area contributed by atoms with E-state index in [1.807, 2.05) is 4.57 Å². The number of nitrogens with one attached hydrogen (secondary N) is 2. The van der Waals surface area contributed by atoms with Crippen LogP contribution in [0, 0.1) is 11.7 Å². The van der Waals surface area contributed by atoms with Crippen molar-refractivity contribution in [3.05, 3.63) is 35.2 Å². The predicted molar refractivity (Wildman–Crippen MR) is 124 cm³/mol. The summed E-state index contributed by atoms with van der Waals surface area (Å²) in [4.78, 5) is 25.3. The number of primary amides is 1. The molecule has 0 spiro atoms. The molecule has 1 saturated carbocycles. The Hall–Kier alpha value is -3.02. The van der Waals surface area contributed by atoms with E-state index in [-0.39, 0.29) is 41.2 Å². The molecule has 180 valence electrons. The lowest BCUT2D eigenvalue weighted by atomic mass is 9.85. The summed E-state index contributed by atoms with van der Waals surface area (Å²) in [6.07, 6.45) is 3.59. The van der Waals surface area contributed by atoms with Gasteiger partial charge in [-0.3, -0.25) is 9.36 Å². The number of ether oxygens (including phenoxy) is 1. The van der Waals surface area contributed by atoms with Crippen molar-refractivity contribution in [2.45, 2.75) is 43.9 Å². The van der Waals surface area contributed by atoms with Gasteiger partial charge >= 0.3 is 0 Å². The van der Waals surface area contributed by atoms with Crippen LogP contribution in [0.25, 0.3) is 11.2 Å². The molecule has 2 fully saturated rings. The van der Waals surface area contributed by atoms with Gasteiger partial charge in [-0.15, -0.1) is 0 Å².